The van der Waals surface area contributed by atoms with Crippen molar-refractivity contribution in [2.75, 3.05) is 17.7 Å². The van der Waals surface area contributed by atoms with Crippen molar-refractivity contribution in [3.05, 3.63) is 45.9 Å². The van der Waals surface area contributed by atoms with Crippen LogP contribution >= 0.6 is 15.9 Å². The lowest BCUT2D eigenvalue weighted by molar-refractivity contribution is 0.580. The van der Waals surface area contributed by atoms with Crippen molar-refractivity contribution in [2.24, 2.45) is 0 Å². The van der Waals surface area contributed by atoms with Crippen LogP contribution in [0.1, 0.15) is 5.56 Å². The Morgan fingerprint density at radius 2 is 1.79 bits per heavy atom. The van der Waals surface area contributed by atoms with E-state index >= 15 is 0 Å². The van der Waals surface area contributed by atoms with Gasteiger partial charge in [-0.25, -0.2) is 13.8 Å². The Balaban J connectivity index is 2.34. The van der Waals surface area contributed by atoms with Crippen molar-refractivity contribution in [3.8, 4) is 0 Å². The van der Waals surface area contributed by atoms with E-state index in [9.17, 15) is 8.78 Å². The molecule has 6 heteroatoms. The molecule has 0 aliphatic heterocycles. The highest BCUT2D eigenvalue weighted by molar-refractivity contribution is 9.10. The van der Waals surface area contributed by atoms with Gasteiger partial charge in [-0.3, -0.25) is 0 Å². The number of rotatable bonds is 3. The summed E-state index contributed by atoms with van der Waals surface area (Å²) in [5.41, 5.74) is 1.68. The van der Waals surface area contributed by atoms with Crippen LogP contribution in [0.4, 0.5) is 26.1 Å². The molecule has 0 fully saturated rings. The third-order valence-electron chi connectivity index (χ3n) is 2.59. The van der Waals surface area contributed by atoms with Gasteiger partial charge in [-0.2, -0.15) is 0 Å². The highest BCUT2D eigenvalue weighted by Crippen LogP contribution is 2.25. The molecule has 2 aromatic rings. The first kappa shape index (κ1) is 13.7. The van der Waals surface area contributed by atoms with Crippen LogP contribution in [0.5, 0.6) is 0 Å². The maximum Gasteiger partial charge on any atom is 0.169 e. The Bertz CT molecular complexity index is 617. The Morgan fingerprint density at radius 3 is 2.42 bits per heavy atom. The number of anilines is 3. The second-order valence-electron chi connectivity index (χ2n) is 3.99. The topological polar surface area (TPSA) is 37.0 Å². The monoisotopic (exact) mass is 327 g/mol. The molecule has 0 atom stereocenters. The van der Waals surface area contributed by atoms with Crippen LogP contribution < -0.4 is 10.6 Å². The molecule has 0 saturated carbocycles. The zero-order valence-electron chi connectivity index (χ0n) is 10.4. The van der Waals surface area contributed by atoms with Crippen molar-refractivity contribution in [1.82, 2.24) is 4.98 Å². The fourth-order valence-electron chi connectivity index (χ4n) is 1.59. The van der Waals surface area contributed by atoms with Gasteiger partial charge >= 0.3 is 0 Å². The number of benzene rings is 1. The Labute approximate surface area is 118 Å². The molecule has 0 bridgehead atoms. The average molecular weight is 328 g/mol. The van der Waals surface area contributed by atoms with Gasteiger partial charge in [0.25, 0.3) is 0 Å². The summed E-state index contributed by atoms with van der Waals surface area (Å²) in [6.07, 6.45) is 0. The molecule has 0 radical (unpaired) electrons. The molecule has 1 heterocycles. The first-order valence-electron chi connectivity index (χ1n) is 5.58. The Morgan fingerprint density at radius 1 is 1.11 bits per heavy atom. The summed E-state index contributed by atoms with van der Waals surface area (Å²) in [6.45, 7) is 1.92. The van der Waals surface area contributed by atoms with E-state index in [0.29, 0.717) is 5.69 Å². The summed E-state index contributed by atoms with van der Waals surface area (Å²) < 4.78 is 27.9. The number of nitrogens with one attached hydrogen (secondary N) is 2. The van der Waals surface area contributed by atoms with E-state index in [4.69, 9.17) is 0 Å². The summed E-state index contributed by atoms with van der Waals surface area (Å²) in [6, 6.07) is 6.26. The highest BCUT2D eigenvalue weighted by atomic mass is 79.9. The van der Waals surface area contributed by atoms with Crippen molar-refractivity contribution in [2.45, 2.75) is 6.92 Å². The van der Waals surface area contributed by atoms with Crippen molar-refractivity contribution >= 4 is 33.3 Å². The number of aromatic nitrogens is 1. The molecule has 1 aromatic carbocycles. The first-order valence-corrected chi connectivity index (χ1v) is 6.37. The number of nitrogens with zero attached hydrogens (tertiary/aromatic N) is 1. The maximum absolute atomic E-state index is 13.6. The summed E-state index contributed by atoms with van der Waals surface area (Å²) in [7, 11) is 1.52. The Kier molecular flexibility index (Phi) is 3.99. The molecule has 1 aromatic heterocycles. The van der Waals surface area contributed by atoms with Crippen molar-refractivity contribution in [1.29, 1.82) is 0 Å². The second kappa shape index (κ2) is 5.52. The van der Waals surface area contributed by atoms with E-state index in [0.717, 1.165) is 16.1 Å². The van der Waals surface area contributed by atoms with Gasteiger partial charge in [0.05, 0.1) is 0 Å². The fourth-order valence-corrected chi connectivity index (χ4v) is 1.84. The van der Waals surface area contributed by atoms with Crippen LogP contribution in [-0.4, -0.2) is 12.0 Å². The molecule has 19 heavy (non-hydrogen) atoms. The molecule has 0 saturated heterocycles. The van der Waals surface area contributed by atoms with E-state index in [1.807, 2.05) is 19.1 Å². The van der Waals surface area contributed by atoms with Gasteiger partial charge < -0.3 is 10.6 Å². The zero-order valence-corrected chi connectivity index (χ0v) is 12.0. The first-order chi connectivity index (χ1) is 9.01. The minimum absolute atomic E-state index is 0.00210. The number of hydrogen-bond acceptors (Lipinski definition) is 3. The minimum Gasteiger partial charge on any atom is -0.371 e. The predicted octanol–water partition coefficient (Wildman–Crippen LogP) is 4.22. The molecule has 0 aliphatic carbocycles. The average Bonchev–Trinajstić information content (AvgIpc) is 2.37. The smallest absolute Gasteiger partial charge is 0.169 e. The summed E-state index contributed by atoms with van der Waals surface area (Å²) >= 11 is 3.38. The summed E-state index contributed by atoms with van der Waals surface area (Å²) in [5.74, 6) is -1.49. The van der Waals surface area contributed by atoms with Gasteiger partial charge in [0.2, 0.25) is 0 Å². The van der Waals surface area contributed by atoms with Gasteiger partial charge in [-0.1, -0.05) is 15.9 Å². The van der Waals surface area contributed by atoms with E-state index in [1.165, 1.54) is 7.05 Å². The SMILES string of the molecule is CNc1nc(Nc2ccc(Br)c(C)c2)c(F)cc1F. The lowest BCUT2D eigenvalue weighted by Gasteiger charge is -2.10. The van der Waals surface area contributed by atoms with Crippen LogP contribution in [0.25, 0.3) is 0 Å². The van der Waals surface area contributed by atoms with Gasteiger partial charge in [0.15, 0.2) is 23.3 Å². The summed E-state index contributed by atoms with van der Waals surface area (Å²) in [4.78, 5) is 3.85. The standard InChI is InChI=1S/C13H12BrF2N3/c1-7-5-8(3-4-9(7)14)18-13-11(16)6-10(15)12(17-2)19-13/h3-6H,1-2H3,(H2,17,18,19). The fraction of sp³-hybridized carbons (Fsp3) is 0.154. The molecule has 2 rings (SSSR count). The summed E-state index contributed by atoms with van der Waals surface area (Å²) in [5, 5.41) is 5.40. The number of aryl methyl sites for hydroxylation is 1. The molecule has 0 spiro atoms. The second-order valence-corrected chi connectivity index (χ2v) is 4.84. The van der Waals surface area contributed by atoms with Crippen LogP contribution in [0.15, 0.2) is 28.7 Å². The number of pyridine rings is 1. The largest absolute Gasteiger partial charge is 0.371 e. The number of hydrogen-bond donors (Lipinski definition) is 2. The normalized spacial score (nSPS) is 10.4. The lowest BCUT2D eigenvalue weighted by Crippen LogP contribution is -2.03. The molecule has 0 unspecified atom stereocenters. The third-order valence-corrected chi connectivity index (χ3v) is 3.48. The minimum atomic E-state index is -0.739. The van der Waals surface area contributed by atoms with Crippen molar-refractivity contribution < 1.29 is 8.78 Å². The van der Waals surface area contributed by atoms with Crippen LogP contribution in [0.3, 0.4) is 0 Å². The number of halogens is 3. The van der Waals surface area contributed by atoms with E-state index < -0.39 is 11.6 Å². The molecule has 0 amide bonds. The molecule has 2 N–H and O–H groups in total. The third kappa shape index (κ3) is 3.01. The molecular formula is C13H12BrF2N3. The molecular weight excluding hydrogens is 316 g/mol. The van der Waals surface area contributed by atoms with Crippen molar-refractivity contribution in [3.63, 3.8) is 0 Å². The lowest BCUT2D eigenvalue weighted by atomic mass is 10.2. The Hall–Kier alpha value is -1.69. The van der Waals surface area contributed by atoms with Crippen LogP contribution in [-0.2, 0) is 0 Å². The van der Waals surface area contributed by atoms with Crippen LogP contribution in [0, 0.1) is 18.6 Å². The molecule has 100 valence electrons. The van der Waals surface area contributed by atoms with Crippen LogP contribution in [0.2, 0.25) is 0 Å². The van der Waals surface area contributed by atoms with Gasteiger partial charge in [-0.05, 0) is 30.7 Å². The van der Waals surface area contributed by atoms with E-state index in [-0.39, 0.29) is 11.6 Å². The van der Waals surface area contributed by atoms with E-state index in [2.05, 4.69) is 31.5 Å². The van der Waals surface area contributed by atoms with E-state index in [1.54, 1.807) is 6.07 Å². The quantitative estimate of drug-likeness (QED) is 0.886. The van der Waals surface area contributed by atoms with Gasteiger partial charge in [-0.15, -0.1) is 0 Å². The van der Waals surface area contributed by atoms with Gasteiger partial charge in [0, 0.05) is 23.3 Å². The highest BCUT2D eigenvalue weighted by Gasteiger charge is 2.11. The molecule has 0 aliphatic rings. The van der Waals surface area contributed by atoms with Gasteiger partial charge in [0.1, 0.15) is 0 Å². The zero-order chi connectivity index (χ0) is 14.0. The maximum atomic E-state index is 13.6. The predicted molar refractivity (Wildman–Crippen MR) is 75.9 cm³/mol. The molecule has 3 nitrogen and oxygen atoms in total.